The summed E-state index contributed by atoms with van der Waals surface area (Å²) in [6.07, 6.45) is 8.51. The Balaban J connectivity index is 1.25. The van der Waals surface area contributed by atoms with Crippen molar-refractivity contribution in [3.05, 3.63) is 57.6 Å². The summed E-state index contributed by atoms with van der Waals surface area (Å²) in [5, 5.41) is 5.07. The highest BCUT2D eigenvalue weighted by Crippen LogP contribution is 2.55. The molecule has 3 nitrogen and oxygen atoms in total. The lowest BCUT2D eigenvalue weighted by molar-refractivity contribution is -0.0206. The molecular weight excluding hydrogens is 429 g/mol. The zero-order chi connectivity index (χ0) is 21.4. The largest absolute Gasteiger partial charge is 0.490 e. The van der Waals surface area contributed by atoms with E-state index in [1.807, 2.05) is 25.1 Å². The fraction of sp³-hybridized carbons (Fsp3) is 0.538. The third kappa shape index (κ3) is 4.69. The Morgan fingerprint density at radius 2 is 1.52 bits per heavy atom. The van der Waals surface area contributed by atoms with Crippen LogP contribution < -0.4 is 14.8 Å². The number of nitrogens with one attached hydrogen (secondary N) is 1. The van der Waals surface area contributed by atoms with Gasteiger partial charge in [0.2, 0.25) is 0 Å². The van der Waals surface area contributed by atoms with Gasteiger partial charge in [-0.05, 0) is 98.6 Å². The lowest BCUT2D eigenvalue weighted by Crippen LogP contribution is -2.58. The molecule has 4 bridgehead atoms. The van der Waals surface area contributed by atoms with Gasteiger partial charge < -0.3 is 14.8 Å². The number of ether oxygens (including phenoxy) is 2. The van der Waals surface area contributed by atoms with Crippen LogP contribution in [0, 0.1) is 17.8 Å². The van der Waals surface area contributed by atoms with Gasteiger partial charge in [-0.2, -0.15) is 0 Å². The molecule has 0 spiro atoms. The van der Waals surface area contributed by atoms with Crippen molar-refractivity contribution < 1.29 is 9.47 Å². The van der Waals surface area contributed by atoms with Gasteiger partial charge in [-0.25, -0.2) is 0 Å². The highest BCUT2D eigenvalue weighted by Gasteiger charge is 2.50. The molecule has 4 saturated carbocycles. The Morgan fingerprint density at radius 3 is 2.16 bits per heavy atom. The fourth-order valence-electron chi connectivity index (χ4n) is 6.46. The van der Waals surface area contributed by atoms with E-state index in [-0.39, 0.29) is 0 Å². The summed E-state index contributed by atoms with van der Waals surface area (Å²) in [6.45, 7) is 3.92. The predicted molar refractivity (Wildman–Crippen MR) is 126 cm³/mol. The van der Waals surface area contributed by atoms with Crippen LogP contribution >= 0.6 is 23.2 Å². The summed E-state index contributed by atoms with van der Waals surface area (Å²) in [5.74, 6) is 4.42. The van der Waals surface area contributed by atoms with Crippen LogP contribution in [0.25, 0.3) is 0 Å². The van der Waals surface area contributed by atoms with E-state index < -0.39 is 0 Å². The molecule has 4 fully saturated rings. The van der Waals surface area contributed by atoms with Gasteiger partial charge in [-0.1, -0.05) is 35.3 Å². The van der Waals surface area contributed by atoms with Crippen LogP contribution in [0.3, 0.4) is 0 Å². The minimum Gasteiger partial charge on any atom is -0.490 e. The van der Waals surface area contributed by atoms with Crippen molar-refractivity contribution in [3.63, 3.8) is 0 Å². The summed E-state index contributed by atoms with van der Waals surface area (Å²) in [7, 11) is 0. The lowest BCUT2D eigenvalue weighted by Gasteiger charge is -2.57. The summed E-state index contributed by atoms with van der Waals surface area (Å²) in [5.41, 5.74) is 2.59. The highest BCUT2D eigenvalue weighted by molar-refractivity contribution is 6.42. The third-order valence-corrected chi connectivity index (χ3v) is 8.13. The molecule has 4 aliphatic rings. The topological polar surface area (TPSA) is 30.5 Å². The zero-order valence-electron chi connectivity index (χ0n) is 18.1. The number of halogens is 2. The molecule has 0 amide bonds. The third-order valence-electron chi connectivity index (χ3n) is 7.39. The maximum atomic E-state index is 6.13. The normalized spacial score (nSPS) is 28.7. The molecule has 0 aliphatic heterocycles. The first-order valence-corrected chi connectivity index (χ1v) is 12.3. The molecule has 5 heteroatoms. The molecule has 2 aromatic carbocycles. The van der Waals surface area contributed by atoms with Gasteiger partial charge in [0.05, 0.1) is 16.7 Å². The van der Waals surface area contributed by atoms with Crippen molar-refractivity contribution in [2.24, 2.45) is 17.8 Å². The zero-order valence-corrected chi connectivity index (χ0v) is 19.6. The molecule has 0 unspecified atom stereocenters. The second-order valence-electron chi connectivity index (χ2n) is 9.80. The smallest absolute Gasteiger partial charge is 0.161 e. The Hall–Kier alpha value is -1.42. The molecule has 0 heterocycles. The van der Waals surface area contributed by atoms with Crippen LogP contribution in [0.1, 0.15) is 56.6 Å². The van der Waals surface area contributed by atoms with Crippen LogP contribution in [-0.4, -0.2) is 12.1 Å². The molecule has 0 aromatic heterocycles. The van der Waals surface area contributed by atoms with Gasteiger partial charge in [0.1, 0.15) is 6.61 Å². The quantitative estimate of drug-likeness (QED) is 0.459. The van der Waals surface area contributed by atoms with Crippen molar-refractivity contribution in [2.75, 3.05) is 6.61 Å². The van der Waals surface area contributed by atoms with Gasteiger partial charge in [0.25, 0.3) is 0 Å². The van der Waals surface area contributed by atoms with Gasteiger partial charge in [-0.15, -0.1) is 0 Å². The van der Waals surface area contributed by atoms with Gasteiger partial charge in [0.15, 0.2) is 11.5 Å². The van der Waals surface area contributed by atoms with E-state index in [4.69, 9.17) is 32.7 Å². The van der Waals surface area contributed by atoms with Crippen molar-refractivity contribution in [2.45, 2.75) is 64.1 Å². The second kappa shape index (κ2) is 8.84. The fourth-order valence-corrected chi connectivity index (χ4v) is 6.78. The van der Waals surface area contributed by atoms with Crippen molar-refractivity contribution in [3.8, 4) is 11.5 Å². The van der Waals surface area contributed by atoms with Crippen molar-refractivity contribution >= 4 is 23.2 Å². The Kier molecular flexibility index (Phi) is 6.11. The van der Waals surface area contributed by atoms with Crippen molar-refractivity contribution in [1.29, 1.82) is 0 Å². The van der Waals surface area contributed by atoms with E-state index in [0.717, 1.165) is 41.4 Å². The number of benzene rings is 2. The van der Waals surface area contributed by atoms with E-state index in [2.05, 4.69) is 17.4 Å². The minimum atomic E-state index is 0.365. The molecule has 2 aromatic rings. The number of rotatable bonds is 8. The Bertz CT molecular complexity index is 910. The molecule has 4 aliphatic carbocycles. The maximum Gasteiger partial charge on any atom is 0.161 e. The van der Waals surface area contributed by atoms with Gasteiger partial charge in [-0.3, -0.25) is 0 Å². The van der Waals surface area contributed by atoms with Crippen LogP contribution in [0.2, 0.25) is 10.0 Å². The molecule has 0 radical (unpaired) electrons. The summed E-state index contributed by atoms with van der Waals surface area (Å²) in [4.78, 5) is 0. The highest BCUT2D eigenvalue weighted by atomic mass is 35.5. The molecule has 166 valence electrons. The average molecular weight is 460 g/mol. The monoisotopic (exact) mass is 459 g/mol. The van der Waals surface area contributed by atoms with E-state index in [1.165, 1.54) is 44.1 Å². The number of hydrogen-bond donors (Lipinski definition) is 1. The summed E-state index contributed by atoms with van der Waals surface area (Å²) >= 11 is 12.1. The molecule has 0 atom stereocenters. The predicted octanol–water partition coefficient (Wildman–Crippen LogP) is 7.03. The van der Waals surface area contributed by atoms with Crippen LogP contribution in [0.5, 0.6) is 11.5 Å². The van der Waals surface area contributed by atoms with Crippen molar-refractivity contribution in [1.82, 2.24) is 5.32 Å². The van der Waals surface area contributed by atoms with Crippen LogP contribution in [0.15, 0.2) is 36.4 Å². The minimum absolute atomic E-state index is 0.365. The van der Waals surface area contributed by atoms with Crippen LogP contribution in [0.4, 0.5) is 0 Å². The molecular formula is C26H31Cl2NO2. The SMILES string of the molecule is CCOc1cc(CNC23CC4CC(CC(C4)C2)C3)ccc1OCc1ccc(Cl)c(Cl)c1. The molecule has 6 rings (SSSR count). The van der Waals surface area contributed by atoms with E-state index >= 15 is 0 Å². The van der Waals surface area contributed by atoms with E-state index in [0.29, 0.717) is 28.8 Å². The average Bonchev–Trinajstić information content (AvgIpc) is 2.73. The molecule has 1 N–H and O–H groups in total. The second-order valence-corrected chi connectivity index (χ2v) is 10.6. The lowest BCUT2D eigenvalue weighted by atomic mass is 9.53. The first-order valence-electron chi connectivity index (χ1n) is 11.6. The summed E-state index contributed by atoms with van der Waals surface area (Å²) in [6, 6.07) is 11.9. The number of hydrogen-bond acceptors (Lipinski definition) is 3. The van der Waals surface area contributed by atoms with E-state index in [9.17, 15) is 0 Å². The van der Waals surface area contributed by atoms with Crippen LogP contribution in [-0.2, 0) is 13.2 Å². The Labute approximate surface area is 195 Å². The molecule has 0 saturated heterocycles. The first-order chi connectivity index (χ1) is 15.0. The first kappa shape index (κ1) is 21.4. The van der Waals surface area contributed by atoms with Gasteiger partial charge in [0, 0.05) is 12.1 Å². The van der Waals surface area contributed by atoms with E-state index in [1.54, 1.807) is 6.07 Å². The molecule has 31 heavy (non-hydrogen) atoms. The summed E-state index contributed by atoms with van der Waals surface area (Å²) < 4.78 is 12.0. The van der Waals surface area contributed by atoms with Gasteiger partial charge >= 0.3 is 0 Å². The maximum absolute atomic E-state index is 6.13. The standard InChI is InChI=1S/C26H31Cl2NO2/c1-2-30-25-11-17(4-6-24(25)31-16-18-3-5-22(27)23(28)10-18)15-29-26-12-19-7-20(13-26)9-21(8-19)14-26/h3-6,10-11,19-21,29H,2,7-9,12-16H2,1H3. The Morgan fingerprint density at radius 1 is 0.839 bits per heavy atom.